The monoisotopic (exact) mass is 356 g/mol. The third kappa shape index (κ3) is 3.88. The molecular formula is C16H24N2O5S. The van der Waals surface area contributed by atoms with Gasteiger partial charge in [0.1, 0.15) is 5.75 Å². The number of likely N-dealkylation sites (tertiary alicyclic amines) is 1. The maximum atomic E-state index is 12.7. The number of methoxy groups -OCH3 is 1. The van der Waals surface area contributed by atoms with Gasteiger partial charge in [-0.2, -0.15) is 0 Å². The number of sulfonamides is 1. The quantitative estimate of drug-likeness (QED) is 0.821. The molecule has 0 radical (unpaired) electrons. The number of hydrogen-bond donors (Lipinski definition) is 1. The van der Waals surface area contributed by atoms with Gasteiger partial charge in [-0.1, -0.05) is 0 Å². The highest BCUT2D eigenvalue weighted by atomic mass is 32.2. The van der Waals surface area contributed by atoms with Crippen LogP contribution in [0.4, 0.5) is 0 Å². The van der Waals surface area contributed by atoms with Gasteiger partial charge >= 0.3 is 0 Å². The van der Waals surface area contributed by atoms with Crippen LogP contribution in [0.5, 0.6) is 5.75 Å². The molecule has 2 rings (SSSR count). The fraction of sp³-hybridized carbons (Fsp3) is 0.562. The van der Waals surface area contributed by atoms with Crippen molar-refractivity contribution in [1.29, 1.82) is 0 Å². The van der Waals surface area contributed by atoms with Crippen LogP contribution in [0.2, 0.25) is 0 Å². The number of amides is 1. The fourth-order valence-corrected chi connectivity index (χ4v) is 3.94. The number of hydrogen-bond acceptors (Lipinski definition) is 5. The van der Waals surface area contributed by atoms with Crippen molar-refractivity contribution in [2.24, 2.45) is 5.92 Å². The number of aliphatic hydroxyl groups is 1. The Balaban J connectivity index is 2.13. The second-order valence-electron chi connectivity index (χ2n) is 6.28. The zero-order valence-electron chi connectivity index (χ0n) is 14.4. The largest absolute Gasteiger partial charge is 0.497 e. The lowest BCUT2D eigenvalue weighted by atomic mass is 10.1. The Bertz CT molecular complexity index is 717. The molecule has 8 heteroatoms. The summed E-state index contributed by atoms with van der Waals surface area (Å²) in [5.41, 5.74) is 1.30. The molecule has 24 heavy (non-hydrogen) atoms. The zero-order chi connectivity index (χ0) is 18.1. The first-order valence-electron chi connectivity index (χ1n) is 7.68. The fourth-order valence-electron chi connectivity index (χ4n) is 2.78. The van der Waals surface area contributed by atoms with Gasteiger partial charge in [0.25, 0.3) is 5.91 Å². The summed E-state index contributed by atoms with van der Waals surface area (Å²) in [5.74, 6) is -0.202. The molecule has 7 nitrogen and oxygen atoms in total. The van der Waals surface area contributed by atoms with Gasteiger partial charge in [-0.3, -0.25) is 4.79 Å². The van der Waals surface area contributed by atoms with E-state index in [1.807, 2.05) is 6.92 Å². The maximum absolute atomic E-state index is 12.7. The molecule has 1 fully saturated rings. The number of rotatable bonds is 5. The molecule has 1 aromatic rings. The molecule has 1 N–H and O–H groups in total. The van der Waals surface area contributed by atoms with E-state index in [4.69, 9.17) is 4.74 Å². The van der Waals surface area contributed by atoms with Gasteiger partial charge in [-0.05, 0) is 30.7 Å². The van der Waals surface area contributed by atoms with Crippen LogP contribution < -0.4 is 4.74 Å². The topological polar surface area (TPSA) is 87.2 Å². The minimum atomic E-state index is -3.43. The van der Waals surface area contributed by atoms with Gasteiger partial charge in [0, 0.05) is 38.7 Å². The minimum absolute atomic E-state index is 0.137. The molecule has 0 spiro atoms. The Morgan fingerprint density at radius 3 is 2.58 bits per heavy atom. The Kier molecular flexibility index (Phi) is 5.52. The summed E-state index contributed by atoms with van der Waals surface area (Å²) in [7, 11) is 1.05. The average Bonchev–Trinajstić information content (AvgIpc) is 2.86. The Hall–Kier alpha value is -1.64. The Labute approximate surface area is 142 Å². The van der Waals surface area contributed by atoms with E-state index in [-0.39, 0.29) is 24.7 Å². The van der Waals surface area contributed by atoms with Gasteiger partial charge in [0.15, 0.2) is 0 Å². The van der Waals surface area contributed by atoms with Crippen molar-refractivity contribution in [3.05, 3.63) is 29.3 Å². The molecule has 0 unspecified atom stereocenters. The van der Waals surface area contributed by atoms with E-state index in [1.165, 1.54) is 19.0 Å². The smallest absolute Gasteiger partial charge is 0.254 e. The van der Waals surface area contributed by atoms with E-state index in [0.717, 1.165) is 9.87 Å². The second kappa shape index (κ2) is 7.08. The zero-order valence-corrected chi connectivity index (χ0v) is 15.2. The molecule has 0 aliphatic carbocycles. The number of benzene rings is 1. The summed E-state index contributed by atoms with van der Waals surface area (Å²) in [6.45, 7) is 2.17. The van der Waals surface area contributed by atoms with Gasteiger partial charge in [-0.25, -0.2) is 12.7 Å². The van der Waals surface area contributed by atoms with Crippen molar-refractivity contribution in [3.8, 4) is 5.75 Å². The van der Waals surface area contributed by atoms with Crippen molar-refractivity contribution in [2.45, 2.75) is 13.0 Å². The Morgan fingerprint density at radius 1 is 1.38 bits per heavy atom. The maximum Gasteiger partial charge on any atom is 0.254 e. The lowest BCUT2D eigenvalue weighted by Crippen LogP contribution is -2.33. The van der Waals surface area contributed by atoms with Crippen LogP contribution in [0, 0.1) is 12.8 Å². The molecule has 2 atom stereocenters. The van der Waals surface area contributed by atoms with Crippen molar-refractivity contribution in [2.75, 3.05) is 40.0 Å². The van der Waals surface area contributed by atoms with E-state index in [9.17, 15) is 18.3 Å². The van der Waals surface area contributed by atoms with E-state index in [2.05, 4.69) is 0 Å². The standard InChI is InChI=1S/C16H24N2O5S/c1-11-7-13(23-4)5-6-14(11)16(20)18-8-12(15(19)9-18)10-24(21,22)17(2)3/h5-7,12,15,19H,8-10H2,1-4H3/t12-,15+/m0/s1. The first kappa shape index (κ1) is 18.7. The number of ether oxygens (including phenoxy) is 1. The van der Waals surface area contributed by atoms with Crippen LogP contribution in [0.1, 0.15) is 15.9 Å². The summed E-state index contributed by atoms with van der Waals surface area (Å²) in [4.78, 5) is 14.2. The van der Waals surface area contributed by atoms with Crippen molar-refractivity contribution < 1.29 is 23.1 Å². The number of aryl methyl sites for hydroxylation is 1. The normalized spacial score (nSPS) is 21.3. The van der Waals surface area contributed by atoms with E-state index >= 15 is 0 Å². The van der Waals surface area contributed by atoms with E-state index < -0.39 is 22.0 Å². The van der Waals surface area contributed by atoms with Crippen LogP contribution >= 0.6 is 0 Å². The molecule has 1 amide bonds. The predicted molar refractivity (Wildman–Crippen MR) is 90.6 cm³/mol. The number of aliphatic hydroxyl groups excluding tert-OH is 1. The minimum Gasteiger partial charge on any atom is -0.497 e. The molecule has 134 valence electrons. The highest BCUT2D eigenvalue weighted by Gasteiger charge is 2.37. The first-order chi connectivity index (χ1) is 11.2. The van der Waals surface area contributed by atoms with Crippen LogP contribution in [0.25, 0.3) is 0 Å². The van der Waals surface area contributed by atoms with Crippen molar-refractivity contribution in [3.63, 3.8) is 0 Å². The summed E-state index contributed by atoms with van der Waals surface area (Å²) < 4.78 is 30.3. The Morgan fingerprint density at radius 2 is 2.04 bits per heavy atom. The highest BCUT2D eigenvalue weighted by Crippen LogP contribution is 2.24. The average molecular weight is 356 g/mol. The number of β-amino-alcohol motifs (C(OH)–C–C–N with tert-alkyl or cyclic N) is 1. The molecular weight excluding hydrogens is 332 g/mol. The van der Waals surface area contributed by atoms with Crippen molar-refractivity contribution in [1.82, 2.24) is 9.21 Å². The molecule has 1 aromatic carbocycles. The van der Waals surface area contributed by atoms with Crippen LogP contribution in [0.3, 0.4) is 0 Å². The molecule has 0 saturated carbocycles. The number of carbonyl (C=O) groups is 1. The van der Waals surface area contributed by atoms with Crippen LogP contribution in [-0.2, 0) is 10.0 Å². The highest BCUT2D eigenvalue weighted by molar-refractivity contribution is 7.89. The third-order valence-electron chi connectivity index (χ3n) is 4.34. The predicted octanol–water partition coefficient (Wildman–Crippen LogP) is 0.328. The van der Waals surface area contributed by atoms with Crippen LogP contribution in [-0.4, -0.2) is 74.8 Å². The molecule has 1 saturated heterocycles. The number of nitrogens with zero attached hydrogens (tertiary/aromatic N) is 2. The molecule has 0 bridgehead atoms. The first-order valence-corrected chi connectivity index (χ1v) is 9.29. The van der Waals surface area contributed by atoms with Crippen molar-refractivity contribution >= 4 is 15.9 Å². The van der Waals surface area contributed by atoms with E-state index in [0.29, 0.717) is 11.3 Å². The van der Waals surface area contributed by atoms with Gasteiger partial charge in [-0.15, -0.1) is 0 Å². The molecule has 1 aliphatic rings. The molecule has 1 aliphatic heterocycles. The second-order valence-corrected chi connectivity index (χ2v) is 8.51. The summed E-state index contributed by atoms with van der Waals surface area (Å²) in [6.07, 6.45) is -0.845. The molecule has 1 heterocycles. The third-order valence-corrected chi connectivity index (χ3v) is 6.30. The van der Waals surface area contributed by atoms with E-state index in [1.54, 1.807) is 25.3 Å². The number of carbonyl (C=O) groups excluding carboxylic acids is 1. The summed E-state index contributed by atoms with van der Waals surface area (Å²) in [6, 6.07) is 5.17. The van der Waals surface area contributed by atoms with Crippen LogP contribution in [0.15, 0.2) is 18.2 Å². The lowest BCUT2D eigenvalue weighted by Gasteiger charge is -2.19. The summed E-state index contributed by atoms with van der Waals surface area (Å²) >= 11 is 0. The summed E-state index contributed by atoms with van der Waals surface area (Å²) in [5, 5.41) is 10.2. The van der Waals surface area contributed by atoms with Gasteiger partial charge in [0.05, 0.1) is 19.0 Å². The SMILES string of the molecule is COc1ccc(C(=O)N2C[C@@H](CS(=O)(=O)N(C)C)[C@H](O)C2)c(C)c1. The lowest BCUT2D eigenvalue weighted by molar-refractivity contribution is 0.0764. The van der Waals surface area contributed by atoms with Gasteiger partial charge in [0.2, 0.25) is 10.0 Å². The van der Waals surface area contributed by atoms with Gasteiger partial charge < -0.3 is 14.7 Å². The molecule has 0 aromatic heterocycles.